The lowest BCUT2D eigenvalue weighted by Gasteiger charge is -2.08. The Balaban J connectivity index is 2.24. The van der Waals surface area contributed by atoms with E-state index in [1.165, 1.54) is 12.1 Å². The molecule has 0 fully saturated rings. The van der Waals surface area contributed by atoms with Crippen LogP contribution in [0.4, 0.5) is 5.69 Å². The average Bonchev–Trinajstić information content (AvgIpc) is 2.34. The summed E-state index contributed by atoms with van der Waals surface area (Å²) in [6.45, 7) is 3.79. The predicted octanol–water partition coefficient (Wildman–Crippen LogP) is 4.00. The fourth-order valence-corrected chi connectivity index (χ4v) is 1.59. The van der Waals surface area contributed by atoms with Gasteiger partial charge in [0.25, 0.3) is 5.69 Å². The molecule has 2 aromatic rings. The summed E-state index contributed by atoms with van der Waals surface area (Å²) in [6.07, 6.45) is 0. The molecule has 0 radical (unpaired) electrons. The van der Waals surface area contributed by atoms with Crippen LogP contribution in [0.1, 0.15) is 11.1 Å². The Morgan fingerprint density at radius 1 is 1.06 bits per heavy atom. The molecule has 0 unspecified atom stereocenters. The minimum atomic E-state index is -0.414. The van der Waals surface area contributed by atoms with Gasteiger partial charge in [0.1, 0.15) is 11.5 Å². The van der Waals surface area contributed by atoms with E-state index < -0.39 is 4.92 Å². The number of nitro groups is 1. The third kappa shape index (κ3) is 2.66. The number of nitrogens with zero attached hydrogens (tertiary/aromatic N) is 1. The van der Waals surface area contributed by atoms with Crippen molar-refractivity contribution >= 4 is 5.69 Å². The second kappa shape index (κ2) is 4.87. The van der Waals surface area contributed by atoms with Gasteiger partial charge in [-0.1, -0.05) is 17.7 Å². The molecule has 0 heterocycles. The molecular weight excluding hydrogens is 230 g/mol. The third-order valence-corrected chi connectivity index (χ3v) is 2.62. The molecule has 2 rings (SSSR count). The van der Waals surface area contributed by atoms with Crippen molar-refractivity contribution < 1.29 is 9.66 Å². The Hall–Kier alpha value is -2.36. The molecule has 4 nitrogen and oxygen atoms in total. The van der Waals surface area contributed by atoms with Crippen molar-refractivity contribution in [3.05, 3.63) is 63.7 Å². The number of nitro benzene ring substituents is 1. The zero-order valence-corrected chi connectivity index (χ0v) is 10.2. The summed E-state index contributed by atoms with van der Waals surface area (Å²) in [7, 11) is 0. The van der Waals surface area contributed by atoms with Crippen LogP contribution < -0.4 is 4.74 Å². The average molecular weight is 243 g/mol. The summed E-state index contributed by atoms with van der Waals surface area (Å²) in [5.41, 5.74) is 1.97. The number of aryl methyl sites for hydroxylation is 2. The second-order valence-electron chi connectivity index (χ2n) is 4.12. The van der Waals surface area contributed by atoms with Crippen molar-refractivity contribution in [1.82, 2.24) is 0 Å². The lowest BCUT2D eigenvalue weighted by atomic mass is 10.2. The monoisotopic (exact) mass is 243 g/mol. The molecule has 92 valence electrons. The summed E-state index contributed by atoms with van der Waals surface area (Å²) < 4.78 is 5.68. The van der Waals surface area contributed by atoms with E-state index in [4.69, 9.17) is 4.74 Å². The fraction of sp³-hybridized carbons (Fsp3) is 0.143. The Bertz CT molecular complexity index is 576. The molecule has 0 atom stereocenters. The Kier molecular flexibility index (Phi) is 3.28. The molecule has 2 aromatic carbocycles. The van der Waals surface area contributed by atoms with Crippen molar-refractivity contribution in [2.24, 2.45) is 0 Å². The summed E-state index contributed by atoms with van der Waals surface area (Å²) in [6, 6.07) is 12.2. The molecule has 18 heavy (non-hydrogen) atoms. The van der Waals surface area contributed by atoms with Crippen molar-refractivity contribution in [2.45, 2.75) is 13.8 Å². The van der Waals surface area contributed by atoms with Crippen LogP contribution in [0.25, 0.3) is 0 Å². The molecule has 0 aliphatic rings. The van der Waals surface area contributed by atoms with Crippen LogP contribution in [0, 0.1) is 24.0 Å². The highest BCUT2D eigenvalue weighted by Gasteiger charge is 2.09. The maximum absolute atomic E-state index is 10.6. The SMILES string of the molecule is Cc1ccc(Oc2ccc([N+](=O)[O-])cc2C)cc1. The lowest BCUT2D eigenvalue weighted by Crippen LogP contribution is -1.91. The molecule has 0 amide bonds. The Morgan fingerprint density at radius 3 is 2.28 bits per heavy atom. The fourth-order valence-electron chi connectivity index (χ4n) is 1.59. The highest BCUT2D eigenvalue weighted by atomic mass is 16.6. The number of ether oxygens (including phenoxy) is 1. The van der Waals surface area contributed by atoms with Crippen LogP contribution in [0.2, 0.25) is 0 Å². The number of benzene rings is 2. The van der Waals surface area contributed by atoms with Gasteiger partial charge < -0.3 is 4.74 Å². The van der Waals surface area contributed by atoms with E-state index in [2.05, 4.69) is 0 Å². The molecule has 0 spiro atoms. The van der Waals surface area contributed by atoms with Gasteiger partial charge >= 0.3 is 0 Å². The van der Waals surface area contributed by atoms with E-state index in [0.29, 0.717) is 5.75 Å². The summed E-state index contributed by atoms with van der Waals surface area (Å²) in [5.74, 6) is 1.35. The van der Waals surface area contributed by atoms with Crippen LogP contribution in [-0.2, 0) is 0 Å². The predicted molar refractivity (Wildman–Crippen MR) is 69.1 cm³/mol. The summed E-state index contributed by atoms with van der Waals surface area (Å²) in [5, 5.41) is 10.6. The first kappa shape index (κ1) is 12.1. The van der Waals surface area contributed by atoms with Gasteiger partial charge in [-0.2, -0.15) is 0 Å². The van der Waals surface area contributed by atoms with Gasteiger partial charge in [-0.15, -0.1) is 0 Å². The Morgan fingerprint density at radius 2 is 1.72 bits per heavy atom. The molecule has 0 saturated carbocycles. The first-order chi connectivity index (χ1) is 8.56. The van der Waals surface area contributed by atoms with Gasteiger partial charge in [0.05, 0.1) is 4.92 Å². The standard InChI is InChI=1S/C14H13NO3/c1-10-3-6-13(7-4-10)18-14-8-5-12(15(16)17)9-11(14)2/h3-9H,1-2H3. The highest BCUT2D eigenvalue weighted by Crippen LogP contribution is 2.28. The van der Waals surface area contributed by atoms with Crippen molar-refractivity contribution in [2.75, 3.05) is 0 Å². The molecule has 0 aliphatic heterocycles. The van der Waals surface area contributed by atoms with E-state index >= 15 is 0 Å². The minimum Gasteiger partial charge on any atom is -0.457 e. The number of rotatable bonds is 3. The van der Waals surface area contributed by atoms with E-state index in [0.717, 1.165) is 16.9 Å². The lowest BCUT2D eigenvalue weighted by molar-refractivity contribution is -0.384. The van der Waals surface area contributed by atoms with E-state index in [1.807, 2.05) is 31.2 Å². The summed E-state index contributed by atoms with van der Waals surface area (Å²) >= 11 is 0. The van der Waals surface area contributed by atoms with Gasteiger partial charge in [0.15, 0.2) is 0 Å². The first-order valence-electron chi connectivity index (χ1n) is 5.56. The Labute approximate surface area is 105 Å². The van der Waals surface area contributed by atoms with Crippen molar-refractivity contribution in [1.29, 1.82) is 0 Å². The van der Waals surface area contributed by atoms with E-state index in [1.54, 1.807) is 13.0 Å². The van der Waals surface area contributed by atoms with Crippen LogP contribution in [-0.4, -0.2) is 4.92 Å². The largest absolute Gasteiger partial charge is 0.457 e. The molecule has 0 bridgehead atoms. The number of hydrogen-bond donors (Lipinski definition) is 0. The smallest absolute Gasteiger partial charge is 0.269 e. The number of hydrogen-bond acceptors (Lipinski definition) is 3. The zero-order valence-electron chi connectivity index (χ0n) is 10.2. The summed E-state index contributed by atoms with van der Waals surface area (Å²) in [4.78, 5) is 10.2. The third-order valence-electron chi connectivity index (χ3n) is 2.62. The molecule has 0 saturated heterocycles. The van der Waals surface area contributed by atoms with Crippen LogP contribution in [0.5, 0.6) is 11.5 Å². The highest BCUT2D eigenvalue weighted by molar-refractivity contribution is 5.45. The maximum atomic E-state index is 10.6. The maximum Gasteiger partial charge on any atom is 0.269 e. The first-order valence-corrected chi connectivity index (χ1v) is 5.56. The molecule has 0 N–H and O–H groups in total. The van der Waals surface area contributed by atoms with Gasteiger partial charge in [0.2, 0.25) is 0 Å². The van der Waals surface area contributed by atoms with Gasteiger partial charge in [0, 0.05) is 12.1 Å². The molecule has 4 heteroatoms. The second-order valence-corrected chi connectivity index (χ2v) is 4.12. The van der Waals surface area contributed by atoms with E-state index in [9.17, 15) is 10.1 Å². The van der Waals surface area contributed by atoms with Crippen LogP contribution in [0.15, 0.2) is 42.5 Å². The van der Waals surface area contributed by atoms with Crippen molar-refractivity contribution in [3.63, 3.8) is 0 Å². The molecular formula is C14H13NO3. The van der Waals surface area contributed by atoms with Gasteiger partial charge in [-0.05, 0) is 37.6 Å². The van der Waals surface area contributed by atoms with E-state index in [-0.39, 0.29) is 5.69 Å². The quantitative estimate of drug-likeness (QED) is 0.604. The zero-order chi connectivity index (χ0) is 13.1. The van der Waals surface area contributed by atoms with Gasteiger partial charge in [-0.25, -0.2) is 0 Å². The molecule has 0 aromatic heterocycles. The van der Waals surface area contributed by atoms with Crippen LogP contribution in [0.3, 0.4) is 0 Å². The molecule has 0 aliphatic carbocycles. The minimum absolute atomic E-state index is 0.0729. The van der Waals surface area contributed by atoms with Crippen molar-refractivity contribution in [3.8, 4) is 11.5 Å². The van der Waals surface area contributed by atoms with Crippen LogP contribution >= 0.6 is 0 Å². The number of non-ortho nitro benzene ring substituents is 1. The van der Waals surface area contributed by atoms with Gasteiger partial charge in [-0.3, -0.25) is 10.1 Å². The topological polar surface area (TPSA) is 52.4 Å². The normalized spacial score (nSPS) is 10.1.